The number of aliphatic hydroxyl groups is 1. The molecule has 1 spiro atoms. The number of amides is 3. The molecule has 49 heavy (non-hydrogen) atoms. The van der Waals surface area contributed by atoms with Crippen LogP contribution in [0.5, 0.6) is 0 Å². The van der Waals surface area contributed by atoms with Crippen LogP contribution in [0.3, 0.4) is 0 Å². The van der Waals surface area contributed by atoms with Crippen LogP contribution < -0.4 is 5.32 Å². The van der Waals surface area contributed by atoms with E-state index in [-0.39, 0.29) is 32.1 Å². The van der Waals surface area contributed by atoms with E-state index in [1.54, 1.807) is 48.0 Å². The molecule has 3 fully saturated rings. The molecular weight excluding hydrogens is 628 g/mol. The van der Waals surface area contributed by atoms with Crippen LogP contribution in [0, 0.1) is 11.8 Å². The molecule has 4 heterocycles. The number of nitrogens with one attached hydrogen (secondary N) is 1. The third-order valence-corrected chi connectivity index (χ3v) is 9.80. The van der Waals surface area contributed by atoms with Gasteiger partial charge in [-0.15, -0.1) is 18.3 Å². The molecule has 1 aromatic heterocycles. The number of likely N-dealkylation sites (tertiary alicyclic amines) is 1. The number of esters is 1. The highest BCUT2D eigenvalue weighted by atomic mass is 16.6. The van der Waals surface area contributed by atoms with E-state index in [1.165, 1.54) is 9.80 Å². The average molecular weight is 671 g/mol. The Morgan fingerprint density at radius 2 is 1.92 bits per heavy atom. The molecule has 3 aliphatic heterocycles. The van der Waals surface area contributed by atoms with E-state index < -0.39 is 66.1 Å². The molecule has 3 aromatic rings. The highest BCUT2D eigenvalue weighted by molar-refractivity contribution is 5.98. The van der Waals surface area contributed by atoms with Crippen molar-refractivity contribution in [2.24, 2.45) is 11.8 Å². The number of hydrogen-bond donors (Lipinski definition) is 2. The van der Waals surface area contributed by atoms with Crippen molar-refractivity contribution in [2.45, 2.75) is 69.2 Å². The number of aromatic nitrogens is 3. The predicted molar refractivity (Wildman–Crippen MR) is 178 cm³/mol. The molecule has 7 atom stereocenters. The summed E-state index contributed by atoms with van der Waals surface area (Å²) in [5.74, 6) is -3.68. The maximum Gasteiger partial charge on any atom is 0.312 e. The first-order valence-corrected chi connectivity index (χ1v) is 16.7. The van der Waals surface area contributed by atoms with Gasteiger partial charge in [-0.1, -0.05) is 59.8 Å². The zero-order valence-corrected chi connectivity index (χ0v) is 27.5. The van der Waals surface area contributed by atoms with Crippen LogP contribution in [0.2, 0.25) is 0 Å². The number of carbonyl (C=O) groups is 4. The summed E-state index contributed by atoms with van der Waals surface area (Å²) in [5.41, 5.74) is 0.694. The van der Waals surface area contributed by atoms with Crippen LogP contribution in [0.25, 0.3) is 11.0 Å². The fraction of sp³-hybridized carbons (Fsp3) is 0.444. The number of para-hydroxylation sites is 1. The van der Waals surface area contributed by atoms with Crippen LogP contribution in [-0.4, -0.2) is 97.1 Å². The SMILES string of the molecule is C=CCCC(=O)NC[C@H](C)OC(=O)[C@@H]1[C@@H]2CC[C@]3(O2)[C@H](C(=O)N(CC=C)Cn2nnc4ccccc42)N([C@H](CO)c2ccccc2)C(=O)[C@@H]13. The largest absolute Gasteiger partial charge is 0.460 e. The molecule has 13 heteroatoms. The number of hydrogen-bond acceptors (Lipinski definition) is 9. The highest BCUT2D eigenvalue weighted by Crippen LogP contribution is 2.60. The Kier molecular flexibility index (Phi) is 9.93. The van der Waals surface area contributed by atoms with Gasteiger partial charge in [-0.3, -0.25) is 19.2 Å². The second-order valence-electron chi connectivity index (χ2n) is 12.9. The Morgan fingerprint density at radius 1 is 1.16 bits per heavy atom. The van der Waals surface area contributed by atoms with Gasteiger partial charge in [0.05, 0.1) is 42.6 Å². The van der Waals surface area contributed by atoms with Crippen molar-refractivity contribution in [1.82, 2.24) is 30.1 Å². The summed E-state index contributed by atoms with van der Waals surface area (Å²) < 4.78 is 14.0. The number of benzene rings is 2. The maximum atomic E-state index is 14.9. The van der Waals surface area contributed by atoms with Crippen molar-refractivity contribution in [2.75, 3.05) is 19.7 Å². The summed E-state index contributed by atoms with van der Waals surface area (Å²) in [6.07, 6.45) is 3.55. The first-order chi connectivity index (χ1) is 23.7. The van der Waals surface area contributed by atoms with Crippen molar-refractivity contribution >= 4 is 34.7 Å². The molecule has 2 aromatic carbocycles. The third-order valence-electron chi connectivity index (χ3n) is 9.80. The zero-order valence-electron chi connectivity index (χ0n) is 27.5. The maximum absolute atomic E-state index is 14.9. The van der Waals surface area contributed by atoms with E-state index >= 15 is 0 Å². The third kappa shape index (κ3) is 6.24. The fourth-order valence-electron chi connectivity index (χ4n) is 7.63. The summed E-state index contributed by atoms with van der Waals surface area (Å²) >= 11 is 0. The zero-order chi connectivity index (χ0) is 34.7. The van der Waals surface area contributed by atoms with E-state index in [2.05, 4.69) is 28.8 Å². The smallest absolute Gasteiger partial charge is 0.312 e. The fourth-order valence-corrected chi connectivity index (χ4v) is 7.63. The number of aliphatic hydroxyl groups excluding tert-OH is 1. The van der Waals surface area contributed by atoms with Gasteiger partial charge in [0.25, 0.3) is 0 Å². The minimum Gasteiger partial charge on any atom is -0.460 e. The monoisotopic (exact) mass is 670 g/mol. The Balaban J connectivity index is 1.33. The van der Waals surface area contributed by atoms with Crippen molar-refractivity contribution in [1.29, 1.82) is 0 Å². The van der Waals surface area contributed by atoms with E-state index in [0.717, 1.165) is 5.52 Å². The summed E-state index contributed by atoms with van der Waals surface area (Å²) in [6, 6.07) is 14.4. The van der Waals surface area contributed by atoms with Crippen molar-refractivity contribution in [3.63, 3.8) is 0 Å². The topological polar surface area (TPSA) is 156 Å². The lowest BCUT2D eigenvalue weighted by atomic mass is 9.70. The van der Waals surface area contributed by atoms with E-state index in [4.69, 9.17) is 9.47 Å². The van der Waals surface area contributed by atoms with Gasteiger partial charge in [-0.25, -0.2) is 4.68 Å². The summed E-state index contributed by atoms with van der Waals surface area (Å²) in [5, 5.41) is 22.0. The van der Waals surface area contributed by atoms with Crippen molar-refractivity contribution < 1.29 is 33.8 Å². The van der Waals surface area contributed by atoms with Gasteiger partial charge in [-0.2, -0.15) is 0 Å². The van der Waals surface area contributed by atoms with Crippen LogP contribution in [0.15, 0.2) is 79.9 Å². The van der Waals surface area contributed by atoms with Crippen LogP contribution in [0.1, 0.15) is 44.2 Å². The molecule has 258 valence electrons. The van der Waals surface area contributed by atoms with Gasteiger partial charge in [0, 0.05) is 13.0 Å². The molecule has 6 rings (SSSR count). The van der Waals surface area contributed by atoms with Crippen LogP contribution in [0.4, 0.5) is 0 Å². The standard InChI is InChI=1S/C36H42N6O7/c1-4-6-16-29(44)37-20-23(3)48-35(47)30-28-17-18-36(49-28)31(30)33(45)42(27(21-43)24-12-8-7-9-13-24)32(36)34(46)40(19-5-2)22-41-26-15-11-10-14-25(26)38-39-41/h4-5,7-15,23,27-28,30-32,43H,1-2,6,16-22H2,3H3,(H,37,44)/t23-,27+,28-,30+,31+,32-,36+/m0/s1. The summed E-state index contributed by atoms with van der Waals surface area (Å²) in [4.78, 5) is 58.5. The molecule has 2 bridgehead atoms. The summed E-state index contributed by atoms with van der Waals surface area (Å²) in [7, 11) is 0. The van der Waals surface area contributed by atoms with Gasteiger partial charge in [0.1, 0.15) is 29.9 Å². The van der Waals surface area contributed by atoms with E-state index in [1.807, 2.05) is 30.3 Å². The van der Waals surface area contributed by atoms with Gasteiger partial charge in [0.15, 0.2) is 0 Å². The molecule has 3 aliphatic rings. The van der Waals surface area contributed by atoms with Gasteiger partial charge in [0.2, 0.25) is 17.7 Å². The van der Waals surface area contributed by atoms with Crippen LogP contribution in [-0.2, 0) is 35.3 Å². The quantitative estimate of drug-likeness (QED) is 0.183. The predicted octanol–water partition coefficient (Wildman–Crippen LogP) is 2.53. The first-order valence-electron chi connectivity index (χ1n) is 16.7. The minimum absolute atomic E-state index is 0.0186. The Labute approximate surface area is 284 Å². The highest BCUT2D eigenvalue weighted by Gasteiger charge is 2.75. The lowest BCUT2D eigenvalue weighted by molar-refractivity contribution is -0.160. The summed E-state index contributed by atoms with van der Waals surface area (Å²) in [6.45, 7) is 8.95. The lowest BCUT2D eigenvalue weighted by Crippen LogP contribution is -2.57. The van der Waals surface area contributed by atoms with Gasteiger partial charge >= 0.3 is 5.97 Å². The van der Waals surface area contributed by atoms with Crippen molar-refractivity contribution in [3.05, 3.63) is 85.5 Å². The van der Waals surface area contributed by atoms with Gasteiger partial charge < -0.3 is 29.7 Å². The Hall–Kier alpha value is -4.88. The minimum atomic E-state index is -1.34. The molecule has 13 nitrogen and oxygen atoms in total. The molecular formula is C36H42N6O7. The normalized spacial score (nSPS) is 25.1. The second-order valence-corrected chi connectivity index (χ2v) is 12.9. The molecule has 0 radical (unpaired) electrons. The van der Waals surface area contributed by atoms with E-state index in [9.17, 15) is 24.3 Å². The number of carbonyl (C=O) groups excluding carboxylic acids is 4. The number of ether oxygens (including phenoxy) is 2. The molecule has 0 aliphatic carbocycles. The second kappa shape index (κ2) is 14.3. The molecule has 0 unspecified atom stereocenters. The van der Waals surface area contributed by atoms with E-state index in [0.29, 0.717) is 30.3 Å². The van der Waals surface area contributed by atoms with Crippen LogP contribution >= 0.6 is 0 Å². The lowest BCUT2D eigenvalue weighted by Gasteiger charge is -2.39. The molecule has 3 amide bonds. The first kappa shape index (κ1) is 34.0. The molecule has 3 saturated heterocycles. The molecule has 0 saturated carbocycles. The van der Waals surface area contributed by atoms with Crippen molar-refractivity contribution in [3.8, 4) is 0 Å². The Bertz CT molecular complexity index is 1730. The number of fused-ring (bicyclic) bond motifs is 2. The molecule has 2 N–H and O–H groups in total. The number of rotatable bonds is 15. The van der Waals surface area contributed by atoms with Gasteiger partial charge in [-0.05, 0) is 43.9 Å². The number of nitrogens with zero attached hydrogens (tertiary/aromatic N) is 5. The number of allylic oxidation sites excluding steroid dienone is 1. The average Bonchev–Trinajstić information content (AvgIpc) is 3.86. The Morgan fingerprint density at radius 3 is 2.65 bits per heavy atom.